The SMILES string of the molecule is CC(c1ccccc1)C(N)C(=O)O. The van der Waals surface area contributed by atoms with Crippen LogP contribution in [0.3, 0.4) is 0 Å². The molecule has 0 aromatic heterocycles. The zero-order chi connectivity index (χ0) is 9.84. The molecule has 3 N–H and O–H groups in total. The number of aliphatic carboxylic acids is 1. The number of rotatable bonds is 3. The number of hydrogen-bond donors (Lipinski definition) is 2. The number of nitrogens with two attached hydrogens (primary N) is 1. The predicted octanol–water partition coefficient (Wildman–Crippen LogP) is 1.20. The Morgan fingerprint density at radius 3 is 2.38 bits per heavy atom. The van der Waals surface area contributed by atoms with Crippen LogP contribution < -0.4 is 5.73 Å². The second-order valence-electron chi connectivity index (χ2n) is 3.06. The molecule has 3 nitrogen and oxygen atoms in total. The summed E-state index contributed by atoms with van der Waals surface area (Å²) >= 11 is 0. The highest BCUT2D eigenvalue weighted by Crippen LogP contribution is 2.17. The second kappa shape index (κ2) is 4.05. The summed E-state index contributed by atoms with van der Waals surface area (Å²) in [7, 11) is 0. The van der Waals surface area contributed by atoms with E-state index >= 15 is 0 Å². The maximum absolute atomic E-state index is 10.6. The zero-order valence-electron chi connectivity index (χ0n) is 7.47. The van der Waals surface area contributed by atoms with Gasteiger partial charge in [0.1, 0.15) is 6.04 Å². The van der Waals surface area contributed by atoms with E-state index in [1.165, 1.54) is 0 Å². The Bertz CT molecular complexity index is 284. The van der Waals surface area contributed by atoms with Gasteiger partial charge in [-0.2, -0.15) is 0 Å². The Kier molecular flexibility index (Phi) is 3.03. The molecular formula is C10H13NO2. The molecule has 0 aliphatic heterocycles. The summed E-state index contributed by atoms with van der Waals surface area (Å²) in [5.74, 6) is -1.12. The molecule has 2 unspecified atom stereocenters. The molecule has 0 bridgehead atoms. The quantitative estimate of drug-likeness (QED) is 0.732. The largest absolute Gasteiger partial charge is 0.480 e. The minimum atomic E-state index is -0.962. The van der Waals surface area contributed by atoms with Gasteiger partial charge in [-0.15, -0.1) is 0 Å². The smallest absolute Gasteiger partial charge is 0.321 e. The number of carbonyl (C=O) groups is 1. The van der Waals surface area contributed by atoms with Crippen LogP contribution in [-0.4, -0.2) is 17.1 Å². The summed E-state index contributed by atoms with van der Waals surface area (Å²) < 4.78 is 0. The number of benzene rings is 1. The van der Waals surface area contributed by atoms with Crippen molar-refractivity contribution in [2.45, 2.75) is 18.9 Å². The van der Waals surface area contributed by atoms with Crippen molar-refractivity contribution < 1.29 is 9.90 Å². The average Bonchev–Trinajstić information content (AvgIpc) is 2.17. The van der Waals surface area contributed by atoms with Crippen molar-refractivity contribution in [3.63, 3.8) is 0 Å². The fourth-order valence-corrected chi connectivity index (χ4v) is 1.18. The highest BCUT2D eigenvalue weighted by atomic mass is 16.4. The third kappa shape index (κ3) is 2.29. The van der Waals surface area contributed by atoms with Crippen LogP contribution in [0.25, 0.3) is 0 Å². The lowest BCUT2D eigenvalue weighted by Gasteiger charge is -2.15. The van der Waals surface area contributed by atoms with Crippen molar-refractivity contribution >= 4 is 5.97 Å². The summed E-state index contributed by atoms with van der Waals surface area (Å²) in [6.45, 7) is 1.81. The molecule has 1 aromatic carbocycles. The molecule has 70 valence electrons. The Morgan fingerprint density at radius 1 is 1.38 bits per heavy atom. The second-order valence-corrected chi connectivity index (χ2v) is 3.06. The molecule has 1 rings (SSSR count). The summed E-state index contributed by atoms with van der Waals surface area (Å²) in [6, 6.07) is 8.58. The molecule has 13 heavy (non-hydrogen) atoms. The van der Waals surface area contributed by atoms with Crippen molar-refractivity contribution in [3.05, 3.63) is 35.9 Å². The van der Waals surface area contributed by atoms with Crippen LogP contribution in [0.2, 0.25) is 0 Å². The van der Waals surface area contributed by atoms with Gasteiger partial charge in [0.05, 0.1) is 0 Å². The first-order chi connectivity index (χ1) is 6.13. The molecule has 0 aliphatic rings. The summed E-state index contributed by atoms with van der Waals surface area (Å²) in [5.41, 5.74) is 6.45. The van der Waals surface area contributed by atoms with Gasteiger partial charge in [-0.05, 0) is 5.56 Å². The maximum atomic E-state index is 10.6. The topological polar surface area (TPSA) is 63.3 Å². The predicted molar refractivity (Wildman–Crippen MR) is 50.5 cm³/mol. The first kappa shape index (κ1) is 9.74. The van der Waals surface area contributed by atoms with E-state index in [1.54, 1.807) is 0 Å². The van der Waals surface area contributed by atoms with Gasteiger partial charge in [-0.25, -0.2) is 0 Å². The molecule has 0 aliphatic carbocycles. The van der Waals surface area contributed by atoms with Gasteiger partial charge in [0.15, 0.2) is 0 Å². The fourth-order valence-electron chi connectivity index (χ4n) is 1.18. The van der Waals surface area contributed by atoms with E-state index in [1.807, 2.05) is 37.3 Å². The third-order valence-electron chi connectivity index (χ3n) is 2.15. The number of carboxylic acid groups (broad SMARTS) is 1. The Balaban J connectivity index is 2.79. The van der Waals surface area contributed by atoms with Gasteiger partial charge in [0, 0.05) is 5.92 Å². The highest BCUT2D eigenvalue weighted by molar-refractivity contribution is 5.74. The van der Waals surface area contributed by atoms with Crippen molar-refractivity contribution in [3.8, 4) is 0 Å². The van der Waals surface area contributed by atoms with E-state index in [2.05, 4.69) is 0 Å². The van der Waals surface area contributed by atoms with Crippen LogP contribution in [-0.2, 0) is 4.79 Å². The third-order valence-corrected chi connectivity index (χ3v) is 2.15. The fraction of sp³-hybridized carbons (Fsp3) is 0.300. The highest BCUT2D eigenvalue weighted by Gasteiger charge is 2.20. The molecule has 2 atom stereocenters. The molecule has 0 radical (unpaired) electrons. The standard InChI is InChI=1S/C10H13NO2/c1-7(9(11)10(12)13)8-5-3-2-4-6-8/h2-7,9H,11H2,1H3,(H,12,13). The molecule has 1 aromatic rings. The molecular weight excluding hydrogens is 166 g/mol. The summed E-state index contributed by atoms with van der Waals surface area (Å²) in [4.78, 5) is 10.6. The van der Waals surface area contributed by atoms with Crippen LogP contribution in [0, 0.1) is 0 Å². The van der Waals surface area contributed by atoms with Gasteiger partial charge in [0.25, 0.3) is 0 Å². The molecule has 0 spiro atoms. The van der Waals surface area contributed by atoms with Crippen molar-refractivity contribution in [1.82, 2.24) is 0 Å². The average molecular weight is 179 g/mol. The van der Waals surface area contributed by atoms with E-state index < -0.39 is 12.0 Å². The zero-order valence-corrected chi connectivity index (χ0v) is 7.47. The van der Waals surface area contributed by atoms with E-state index in [-0.39, 0.29) is 5.92 Å². The van der Waals surface area contributed by atoms with Gasteiger partial charge >= 0.3 is 5.97 Å². The first-order valence-corrected chi connectivity index (χ1v) is 4.16. The van der Waals surface area contributed by atoms with Crippen molar-refractivity contribution in [2.75, 3.05) is 0 Å². The van der Waals surface area contributed by atoms with E-state index in [9.17, 15) is 4.79 Å². The lowest BCUT2D eigenvalue weighted by molar-refractivity contribution is -0.139. The number of hydrogen-bond acceptors (Lipinski definition) is 2. The van der Waals surface area contributed by atoms with Crippen LogP contribution in [0.4, 0.5) is 0 Å². The summed E-state index contributed by atoms with van der Waals surface area (Å²) in [6.07, 6.45) is 0. The van der Waals surface area contributed by atoms with Crippen molar-refractivity contribution in [1.29, 1.82) is 0 Å². The molecule has 0 fully saturated rings. The molecule has 0 saturated heterocycles. The van der Waals surface area contributed by atoms with Gasteiger partial charge in [0.2, 0.25) is 0 Å². The van der Waals surface area contributed by atoms with Gasteiger partial charge < -0.3 is 10.8 Å². The molecule has 0 saturated carbocycles. The maximum Gasteiger partial charge on any atom is 0.321 e. The van der Waals surface area contributed by atoms with E-state index in [4.69, 9.17) is 10.8 Å². The molecule has 3 heteroatoms. The molecule has 0 heterocycles. The minimum absolute atomic E-state index is 0.154. The van der Waals surface area contributed by atoms with Crippen LogP contribution in [0.5, 0.6) is 0 Å². The first-order valence-electron chi connectivity index (χ1n) is 4.16. The van der Waals surface area contributed by atoms with Gasteiger partial charge in [-0.3, -0.25) is 4.79 Å². The van der Waals surface area contributed by atoms with Gasteiger partial charge in [-0.1, -0.05) is 37.3 Å². The Hall–Kier alpha value is -1.35. The normalized spacial score (nSPS) is 14.9. The Morgan fingerprint density at radius 2 is 1.92 bits per heavy atom. The van der Waals surface area contributed by atoms with Crippen LogP contribution in [0.1, 0.15) is 18.4 Å². The lowest BCUT2D eigenvalue weighted by atomic mass is 9.94. The van der Waals surface area contributed by atoms with Crippen LogP contribution in [0.15, 0.2) is 30.3 Å². The lowest BCUT2D eigenvalue weighted by Crippen LogP contribution is -2.35. The molecule has 0 amide bonds. The Labute approximate surface area is 77.2 Å². The van der Waals surface area contributed by atoms with E-state index in [0.717, 1.165) is 5.56 Å². The monoisotopic (exact) mass is 179 g/mol. The summed E-state index contributed by atoms with van der Waals surface area (Å²) in [5, 5.41) is 8.69. The number of carboxylic acids is 1. The van der Waals surface area contributed by atoms with Crippen molar-refractivity contribution in [2.24, 2.45) is 5.73 Å². The van der Waals surface area contributed by atoms with Crippen LogP contribution >= 0.6 is 0 Å². The van der Waals surface area contributed by atoms with E-state index in [0.29, 0.717) is 0 Å². The minimum Gasteiger partial charge on any atom is -0.480 e.